The Hall–Kier alpha value is -2.24. The fraction of sp³-hybridized carbons (Fsp3) is 0.250. The number of benzene rings is 1. The topological polar surface area (TPSA) is 57.0 Å². The Bertz CT molecular complexity index is 580. The smallest absolute Gasteiger partial charge is 0.360 e. The second-order valence-corrected chi connectivity index (χ2v) is 3.86. The first-order valence-electron chi connectivity index (χ1n) is 5.33. The lowest BCUT2D eigenvalue weighted by Crippen LogP contribution is -2.03. The number of hydrogen-bond donors (Lipinski definition) is 0. The van der Waals surface area contributed by atoms with Gasteiger partial charge in [0.2, 0.25) is 0 Å². The van der Waals surface area contributed by atoms with E-state index in [4.69, 9.17) is 0 Å². The summed E-state index contributed by atoms with van der Waals surface area (Å²) >= 11 is 0. The summed E-state index contributed by atoms with van der Waals surface area (Å²) in [6.07, 6.45) is 1.49. The molecule has 0 radical (unpaired) electrons. The fourth-order valence-corrected chi connectivity index (χ4v) is 1.59. The van der Waals surface area contributed by atoms with Gasteiger partial charge in [-0.15, -0.1) is 5.10 Å². The van der Waals surface area contributed by atoms with Gasteiger partial charge < -0.3 is 4.74 Å². The zero-order valence-electron chi connectivity index (χ0n) is 10.1. The van der Waals surface area contributed by atoms with Crippen LogP contribution in [0.5, 0.6) is 0 Å². The number of nitrogens with zero attached hydrogens (tertiary/aromatic N) is 3. The van der Waals surface area contributed by atoms with Crippen molar-refractivity contribution in [1.29, 1.82) is 0 Å². The van der Waals surface area contributed by atoms with Gasteiger partial charge in [-0.1, -0.05) is 11.3 Å². The number of aromatic nitrogens is 3. The maximum absolute atomic E-state index is 12.9. The number of methoxy groups -OCH3 is 1. The third-order valence-corrected chi connectivity index (χ3v) is 2.57. The van der Waals surface area contributed by atoms with Gasteiger partial charge in [0.05, 0.1) is 19.9 Å². The summed E-state index contributed by atoms with van der Waals surface area (Å²) in [5, 5.41) is 7.51. The molecule has 18 heavy (non-hydrogen) atoms. The van der Waals surface area contributed by atoms with Crippen molar-refractivity contribution in [2.45, 2.75) is 13.5 Å². The van der Waals surface area contributed by atoms with E-state index in [0.717, 1.165) is 11.1 Å². The van der Waals surface area contributed by atoms with Crippen LogP contribution in [-0.2, 0) is 11.3 Å². The van der Waals surface area contributed by atoms with Gasteiger partial charge >= 0.3 is 5.97 Å². The number of rotatable bonds is 3. The second-order valence-electron chi connectivity index (χ2n) is 3.86. The molecule has 0 amide bonds. The molecule has 0 saturated carbocycles. The number of ether oxygens (including phenoxy) is 1. The molecule has 6 heteroatoms. The highest BCUT2D eigenvalue weighted by atomic mass is 19.1. The number of hydrogen-bond acceptors (Lipinski definition) is 4. The SMILES string of the molecule is COC(=O)c1cn(Cc2ccc(F)cc2C)nn1. The van der Waals surface area contributed by atoms with E-state index >= 15 is 0 Å². The Morgan fingerprint density at radius 3 is 2.94 bits per heavy atom. The summed E-state index contributed by atoms with van der Waals surface area (Å²) in [4.78, 5) is 11.2. The minimum Gasteiger partial charge on any atom is -0.464 e. The Balaban J connectivity index is 2.18. The van der Waals surface area contributed by atoms with Crippen LogP contribution in [0.1, 0.15) is 21.6 Å². The predicted molar refractivity (Wildman–Crippen MR) is 61.6 cm³/mol. The lowest BCUT2D eigenvalue weighted by Gasteiger charge is -2.04. The summed E-state index contributed by atoms with van der Waals surface area (Å²) < 4.78 is 19.0. The van der Waals surface area contributed by atoms with Crippen LogP contribution in [0.15, 0.2) is 24.4 Å². The third kappa shape index (κ3) is 2.53. The molecule has 2 rings (SSSR count). The lowest BCUT2D eigenvalue weighted by atomic mass is 10.1. The minimum absolute atomic E-state index is 0.150. The first-order valence-corrected chi connectivity index (χ1v) is 5.33. The molecule has 0 unspecified atom stereocenters. The van der Waals surface area contributed by atoms with Crippen molar-refractivity contribution in [3.05, 3.63) is 47.0 Å². The molecule has 1 heterocycles. The summed E-state index contributed by atoms with van der Waals surface area (Å²) in [6.45, 7) is 2.24. The van der Waals surface area contributed by atoms with E-state index in [9.17, 15) is 9.18 Å². The van der Waals surface area contributed by atoms with E-state index in [1.54, 1.807) is 6.07 Å². The molecule has 1 aromatic carbocycles. The number of aryl methyl sites for hydroxylation is 1. The molecular formula is C12H12FN3O2. The Kier molecular flexibility index (Phi) is 3.36. The van der Waals surface area contributed by atoms with Crippen molar-refractivity contribution in [1.82, 2.24) is 15.0 Å². The van der Waals surface area contributed by atoms with Gasteiger partial charge in [0, 0.05) is 0 Å². The van der Waals surface area contributed by atoms with Crippen LogP contribution in [0.25, 0.3) is 0 Å². The second kappa shape index (κ2) is 4.95. The summed E-state index contributed by atoms with van der Waals surface area (Å²) in [5.41, 5.74) is 1.89. The summed E-state index contributed by atoms with van der Waals surface area (Å²) in [7, 11) is 1.28. The van der Waals surface area contributed by atoms with Crippen molar-refractivity contribution in [2.75, 3.05) is 7.11 Å². The van der Waals surface area contributed by atoms with Crippen LogP contribution < -0.4 is 0 Å². The normalized spacial score (nSPS) is 10.4. The Morgan fingerprint density at radius 1 is 1.50 bits per heavy atom. The highest BCUT2D eigenvalue weighted by Gasteiger charge is 2.11. The van der Waals surface area contributed by atoms with E-state index in [2.05, 4.69) is 15.0 Å². The molecule has 2 aromatic rings. The summed E-state index contributed by atoms with van der Waals surface area (Å²) in [6, 6.07) is 4.53. The Labute approximate surface area is 103 Å². The van der Waals surface area contributed by atoms with Crippen molar-refractivity contribution in [2.24, 2.45) is 0 Å². The van der Waals surface area contributed by atoms with Crippen LogP contribution in [0.4, 0.5) is 4.39 Å². The first-order chi connectivity index (χ1) is 8.60. The van der Waals surface area contributed by atoms with Crippen molar-refractivity contribution < 1.29 is 13.9 Å². The first kappa shape index (κ1) is 12.2. The van der Waals surface area contributed by atoms with Gasteiger partial charge in [0.25, 0.3) is 0 Å². The standard InChI is InChI=1S/C12H12FN3O2/c1-8-5-10(13)4-3-9(8)6-16-7-11(14-15-16)12(17)18-2/h3-5,7H,6H2,1-2H3. The van der Waals surface area contributed by atoms with Crippen molar-refractivity contribution in [3.8, 4) is 0 Å². The van der Waals surface area contributed by atoms with Crippen LogP contribution in [-0.4, -0.2) is 28.1 Å². The van der Waals surface area contributed by atoms with E-state index in [-0.39, 0.29) is 11.5 Å². The van der Waals surface area contributed by atoms with Crippen LogP contribution in [0, 0.1) is 12.7 Å². The van der Waals surface area contributed by atoms with E-state index < -0.39 is 5.97 Å². The molecule has 0 aliphatic rings. The molecule has 94 valence electrons. The van der Waals surface area contributed by atoms with Crippen LogP contribution in [0.2, 0.25) is 0 Å². The average molecular weight is 249 g/mol. The monoisotopic (exact) mass is 249 g/mol. The fourth-order valence-electron chi connectivity index (χ4n) is 1.59. The molecule has 0 spiro atoms. The highest BCUT2D eigenvalue weighted by molar-refractivity contribution is 5.86. The van der Waals surface area contributed by atoms with Crippen molar-refractivity contribution in [3.63, 3.8) is 0 Å². The van der Waals surface area contributed by atoms with E-state index in [0.29, 0.717) is 6.54 Å². The lowest BCUT2D eigenvalue weighted by molar-refractivity contribution is 0.0594. The van der Waals surface area contributed by atoms with Gasteiger partial charge in [-0.05, 0) is 30.2 Å². The number of esters is 1. The highest BCUT2D eigenvalue weighted by Crippen LogP contribution is 2.11. The van der Waals surface area contributed by atoms with E-state index in [1.165, 1.54) is 30.1 Å². The molecule has 1 aromatic heterocycles. The third-order valence-electron chi connectivity index (χ3n) is 2.57. The maximum Gasteiger partial charge on any atom is 0.360 e. The van der Waals surface area contributed by atoms with E-state index in [1.807, 2.05) is 6.92 Å². The minimum atomic E-state index is -0.530. The largest absolute Gasteiger partial charge is 0.464 e. The molecule has 5 nitrogen and oxygen atoms in total. The van der Waals surface area contributed by atoms with Gasteiger partial charge in [-0.2, -0.15) is 0 Å². The van der Waals surface area contributed by atoms with Crippen molar-refractivity contribution >= 4 is 5.97 Å². The summed E-state index contributed by atoms with van der Waals surface area (Å²) in [5.74, 6) is -0.804. The van der Waals surface area contributed by atoms with Gasteiger partial charge in [-0.3, -0.25) is 0 Å². The molecule has 0 saturated heterocycles. The quantitative estimate of drug-likeness (QED) is 0.774. The molecule has 0 fully saturated rings. The van der Waals surface area contributed by atoms with Crippen LogP contribution in [0.3, 0.4) is 0 Å². The molecule has 0 atom stereocenters. The zero-order chi connectivity index (χ0) is 13.1. The molecule has 0 aliphatic carbocycles. The van der Waals surface area contributed by atoms with Gasteiger partial charge in [0.15, 0.2) is 5.69 Å². The number of halogens is 1. The average Bonchev–Trinajstić information content (AvgIpc) is 2.80. The molecule has 0 aliphatic heterocycles. The molecular weight excluding hydrogens is 237 g/mol. The molecule has 0 N–H and O–H groups in total. The number of carbonyl (C=O) groups excluding carboxylic acids is 1. The maximum atomic E-state index is 12.9. The van der Waals surface area contributed by atoms with Gasteiger partial charge in [-0.25, -0.2) is 13.9 Å². The van der Waals surface area contributed by atoms with Crippen LogP contribution >= 0.6 is 0 Å². The molecule has 0 bridgehead atoms. The van der Waals surface area contributed by atoms with Gasteiger partial charge in [0.1, 0.15) is 5.82 Å². The Morgan fingerprint density at radius 2 is 2.28 bits per heavy atom. The predicted octanol–water partition coefficient (Wildman–Crippen LogP) is 1.56. The number of carbonyl (C=O) groups is 1. The zero-order valence-corrected chi connectivity index (χ0v) is 10.1.